The van der Waals surface area contributed by atoms with Crippen LogP contribution in [0.4, 0.5) is 0 Å². The molecule has 0 saturated carbocycles. The average molecular weight is 149 g/mol. The number of aryl methyl sites for hydroxylation is 1. The Labute approximate surface area is 66.0 Å². The number of nitrogens with two attached hydrogens (primary N) is 1. The molecule has 1 aromatic rings. The van der Waals surface area contributed by atoms with Gasteiger partial charge in [-0.2, -0.15) is 0 Å². The van der Waals surface area contributed by atoms with Crippen molar-refractivity contribution in [1.82, 2.24) is 0 Å². The van der Waals surface area contributed by atoms with E-state index in [0.717, 1.165) is 11.1 Å². The quantitative estimate of drug-likeness (QED) is 0.637. The summed E-state index contributed by atoms with van der Waals surface area (Å²) in [6.07, 6.45) is 0. The van der Waals surface area contributed by atoms with Gasteiger partial charge in [0.2, 0.25) is 0 Å². The fourth-order valence-corrected chi connectivity index (χ4v) is 0.855. The smallest absolute Gasteiger partial charge is 0.118 e. The van der Waals surface area contributed by atoms with Crippen LogP contribution in [0.2, 0.25) is 0 Å². The average Bonchev–Trinajstić information content (AvgIpc) is 1.94. The Hall–Kier alpha value is -1.44. The fraction of sp³-hybridized carbons (Fsp3) is 0.111. The minimum absolute atomic E-state index is 0.287. The molecule has 2 nitrogen and oxygen atoms in total. The van der Waals surface area contributed by atoms with Gasteiger partial charge in [0.15, 0.2) is 0 Å². The summed E-state index contributed by atoms with van der Waals surface area (Å²) in [5.41, 5.74) is 7.65. The van der Waals surface area contributed by atoms with Gasteiger partial charge in [-0.3, -0.25) is 0 Å². The van der Waals surface area contributed by atoms with E-state index in [9.17, 15) is 0 Å². The van der Waals surface area contributed by atoms with E-state index < -0.39 is 0 Å². The molecule has 0 fully saturated rings. The lowest BCUT2D eigenvalue weighted by atomic mass is 10.1. The molecule has 11 heavy (non-hydrogen) atoms. The van der Waals surface area contributed by atoms with Gasteiger partial charge in [0.25, 0.3) is 0 Å². The van der Waals surface area contributed by atoms with E-state index in [-0.39, 0.29) is 5.75 Å². The van der Waals surface area contributed by atoms with Gasteiger partial charge in [0.1, 0.15) is 5.75 Å². The van der Waals surface area contributed by atoms with Crippen molar-refractivity contribution in [2.45, 2.75) is 6.92 Å². The molecule has 1 aromatic carbocycles. The third-order valence-corrected chi connectivity index (χ3v) is 1.57. The first-order valence-electron chi connectivity index (χ1n) is 3.35. The molecule has 0 heterocycles. The number of rotatable bonds is 1. The van der Waals surface area contributed by atoms with Crippen LogP contribution >= 0.6 is 0 Å². The number of phenols is 1. The SMILES string of the molecule is C=C(N)c1ccc(O)c(C)c1. The Bertz CT molecular complexity index is 292. The summed E-state index contributed by atoms with van der Waals surface area (Å²) in [5.74, 6) is 0.287. The molecule has 0 atom stereocenters. The van der Waals surface area contributed by atoms with Crippen LogP contribution in [0, 0.1) is 6.92 Å². The maximum atomic E-state index is 9.16. The summed E-state index contributed by atoms with van der Waals surface area (Å²) < 4.78 is 0. The first-order valence-corrected chi connectivity index (χ1v) is 3.35. The number of benzene rings is 1. The third kappa shape index (κ3) is 1.52. The van der Waals surface area contributed by atoms with Crippen LogP contribution < -0.4 is 5.73 Å². The summed E-state index contributed by atoms with van der Waals surface area (Å²) in [5, 5.41) is 9.16. The molecular weight excluding hydrogens is 138 g/mol. The van der Waals surface area contributed by atoms with Crippen LogP contribution in [0.1, 0.15) is 11.1 Å². The molecule has 3 N–H and O–H groups in total. The zero-order valence-electron chi connectivity index (χ0n) is 6.46. The van der Waals surface area contributed by atoms with Crippen molar-refractivity contribution in [1.29, 1.82) is 0 Å². The van der Waals surface area contributed by atoms with Gasteiger partial charge in [-0.25, -0.2) is 0 Å². The second-order valence-corrected chi connectivity index (χ2v) is 2.53. The zero-order valence-corrected chi connectivity index (χ0v) is 6.46. The van der Waals surface area contributed by atoms with Crippen LogP contribution in [-0.4, -0.2) is 5.11 Å². The maximum Gasteiger partial charge on any atom is 0.118 e. The molecule has 0 aromatic heterocycles. The Balaban J connectivity index is 3.15. The van der Waals surface area contributed by atoms with Crippen molar-refractivity contribution in [2.75, 3.05) is 0 Å². The largest absolute Gasteiger partial charge is 0.508 e. The highest BCUT2D eigenvalue weighted by Gasteiger charge is 1.97. The summed E-state index contributed by atoms with van der Waals surface area (Å²) in [6.45, 7) is 5.41. The molecule has 0 saturated heterocycles. The Morgan fingerprint density at radius 2 is 2.18 bits per heavy atom. The Morgan fingerprint density at radius 3 is 2.64 bits per heavy atom. The third-order valence-electron chi connectivity index (χ3n) is 1.57. The summed E-state index contributed by atoms with van der Waals surface area (Å²) in [6, 6.07) is 5.16. The van der Waals surface area contributed by atoms with Crippen LogP contribution in [-0.2, 0) is 0 Å². The van der Waals surface area contributed by atoms with Gasteiger partial charge in [0.05, 0.1) is 0 Å². The molecule has 0 amide bonds. The van der Waals surface area contributed by atoms with Crippen LogP contribution in [0.25, 0.3) is 5.70 Å². The van der Waals surface area contributed by atoms with Crippen molar-refractivity contribution >= 4 is 5.70 Å². The highest BCUT2D eigenvalue weighted by molar-refractivity contribution is 5.61. The molecular formula is C9H11NO. The van der Waals surface area contributed by atoms with Crippen LogP contribution in [0.15, 0.2) is 24.8 Å². The molecule has 0 bridgehead atoms. The molecule has 0 spiro atoms. The van der Waals surface area contributed by atoms with E-state index in [1.54, 1.807) is 18.2 Å². The Morgan fingerprint density at radius 1 is 1.55 bits per heavy atom. The second-order valence-electron chi connectivity index (χ2n) is 2.53. The number of hydrogen-bond donors (Lipinski definition) is 2. The lowest BCUT2D eigenvalue weighted by molar-refractivity contribution is 0.471. The zero-order chi connectivity index (χ0) is 8.43. The Kier molecular flexibility index (Phi) is 1.85. The van der Waals surface area contributed by atoms with Crippen molar-refractivity contribution < 1.29 is 5.11 Å². The van der Waals surface area contributed by atoms with Crippen LogP contribution in [0.3, 0.4) is 0 Å². The molecule has 0 aliphatic rings. The summed E-state index contributed by atoms with van der Waals surface area (Å²) in [7, 11) is 0. The van der Waals surface area contributed by atoms with E-state index in [1.807, 2.05) is 6.92 Å². The van der Waals surface area contributed by atoms with E-state index in [0.29, 0.717) is 5.70 Å². The molecule has 0 aliphatic heterocycles. The number of hydrogen-bond acceptors (Lipinski definition) is 2. The number of aromatic hydroxyl groups is 1. The predicted octanol–water partition coefficient (Wildman–Crippen LogP) is 1.63. The van der Waals surface area contributed by atoms with Crippen molar-refractivity contribution in [2.24, 2.45) is 5.73 Å². The van der Waals surface area contributed by atoms with E-state index >= 15 is 0 Å². The number of phenolic OH excluding ortho intramolecular Hbond substituents is 1. The molecule has 0 aliphatic carbocycles. The summed E-state index contributed by atoms with van der Waals surface area (Å²) in [4.78, 5) is 0. The highest BCUT2D eigenvalue weighted by atomic mass is 16.3. The molecule has 0 radical (unpaired) electrons. The van der Waals surface area contributed by atoms with Gasteiger partial charge in [-0.1, -0.05) is 6.58 Å². The summed E-state index contributed by atoms with van der Waals surface area (Å²) >= 11 is 0. The van der Waals surface area contributed by atoms with Crippen molar-refractivity contribution in [3.8, 4) is 5.75 Å². The predicted molar refractivity (Wildman–Crippen MR) is 46.1 cm³/mol. The van der Waals surface area contributed by atoms with E-state index in [2.05, 4.69) is 6.58 Å². The minimum atomic E-state index is 0.287. The van der Waals surface area contributed by atoms with Crippen molar-refractivity contribution in [3.05, 3.63) is 35.9 Å². The molecule has 58 valence electrons. The molecule has 0 unspecified atom stereocenters. The molecule has 2 heteroatoms. The van der Waals surface area contributed by atoms with E-state index in [4.69, 9.17) is 10.8 Å². The topological polar surface area (TPSA) is 46.2 Å². The van der Waals surface area contributed by atoms with Gasteiger partial charge in [-0.15, -0.1) is 0 Å². The monoisotopic (exact) mass is 149 g/mol. The second kappa shape index (κ2) is 2.66. The van der Waals surface area contributed by atoms with Crippen LogP contribution in [0.5, 0.6) is 5.75 Å². The minimum Gasteiger partial charge on any atom is -0.508 e. The fourth-order valence-electron chi connectivity index (χ4n) is 0.855. The van der Waals surface area contributed by atoms with Crippen molar-refractivity contribution in [3.63, 3.8) is 0 Å². The van der Waals surface area contributed by atoms with Gasteiger partial charge < -0.3 is 10.8 Å². The van der Waals surface area contributed by atoms with Gasteiger partial charge in [0, 0.05) is 5.70 Å². The van der Waals surface area contributed by atoms with Gasteiger partial charge >= 0.3 is 0 Å². The lowest BCUT2D eigenvalue weighted by Gasteiger charge is -2.02. The standard InChI is InChI=1S/C9H11NO/c1-6-5-8(7(2)10)3-4-9(6)11/h3-5,11H,2,10H2,1H3. The normalized spacial score (nSPS) is 9.55. The lowest BCUT2D eigenvalue weighted by Crippen LogP contribution is -1.93. The maximum absolute atomic E-state index is 9.16. The first kappa shape index (κ1) is 7.66. The highest BCUT2D eigenvalue weighted by Crippen LogP contribution is 2.18. The first-order chi connectivity index (χ1) is 5.11. The molecule has 1 rings (SSSR count). The van der Waals surface area contributed by atoms with Gasteiger partial charge in [-0.05, 0) is 36.2 Å². The van der Waals surface area contributed by atoms with E-state index in [1.165, 1.54) is 0 Å².